The number of barbiturate groups is 1. The third kappa shape index (κ3) is 3.41. The zero-order chi connectivity index (χ0) is 21.3. The van der Waals surface area contributed by atoms with Crippen molar-refractivity contribution in [1.82, 2.24) is 14.8 Å². The number of para-hydroxylation sites is 1. The zero-order valence-corrected chi connectivity index (χ0v) is 16.0. The minimum Gasteiger partial charge on any atom is -0.342 e. The summed E-state index contributed by atoms with van der Waals surface area (Å²) < 4.78 is 16.0. The van der Waals surface area contributed by atoms with Gasteiger partial charge < -0.3 is 4.57 Å². The van der Waals surface area contributed by atoms with E-state index < -0.39 is 17.8 Å². The molecule has 0 radical (unpaired) electrons. The molecule has 0 unspecified atom stereocenters. The van der Waals surface area contributed by atoms with Gasteiger partial charge in [0.1, 0.15) is 11.4 Å². The van der Waals surface area contributed by atoms with Crippen LogP contribution >= 0.6 is 0 Å². The van der Waals surface area contributed by atoms with Crippen LogP contribution in [0, 0.1) is 5.82 Å². The number of imide groups is 2. The van der Waals surface area contributed by atoms with E-state index in [2.05, 4.69) is 11.9 Å². The average Bonchev–Trinajstić information content (AvgIpc) is 3.07. The lowest BCUT2D eigenvalue weighted by atomic mass is 10.1. The lowest BCUT2D eigenvalue weighted by molar-refractivity contribution is -0.129. The number of fused-ring (bicyclic) bond motifs is 1. The maximum atomic E-state index is 14.1. The first-order chi connectivity index (χ1) is 14.5. The first kappa shape index (κ1) is 19.3. The Morgan fingerprint density at radius 2 is 1.77 bits per heavy atom. The zero-order valence-electron chi connectivity index (χ0n) is 16.0. The van der Waals surface area contributed by atoms with Crippen LogP contribution in [0.25, 0.3) is 17.0 Å². The Morgan fingerprint density at radius 1 is 1.03 bits per heavy atom. The summed E-state index contributed by atoms with van der Waals surface area (Å²) in [6.45, 7) is 3.81. The molecule has 0 aliphatic carbocycles. The van der Waals surface area contributed by atoms with Crippen LogP contribution in [-0.2, 0) is 16.1 Å². The van der Waals surface area contributed by atoms with Crippen molar-refractivity contribution in [3.63, 3.8) is 0 Å². The molecule has 7 heteroatoms. The Bertz CT molecular complexity index is 1230. The van der Waals surface area contributed by atoms with Crippen LogP contribution in [0.5, 0.6) is 0 Å². The van der Waals surface area contributed by atoms with Gasteiger partial charge in [-0.2, -0.15) is 0 Å². The van der Waals surface area contributed by atoms with Gasteiger partial charge in [-0.05, 0) is 18.2 Å². The predicted molar refractivity (Wildman–Crippen MR) is 111 cm³/mol. The van der Waals surface area contributed by atoms with Crippen molar-refractivity contribution in [2.75, 3.05) is 6.54 Å². The lowest BCUT2D eigenvalue weighted by Crippen LogP contribution is -2.54. The monoisotopic (exact) mass is 403 g/mol. The lowest BCUT2D eigenvalue weighted by Gasteiger charge is -2.25. The highest BCUT2D eigenvalue weighted by molar-refractivity contribution is 6.31. The van der Waals surface area contributed by atoms with Crippen LogP contribution in [0.3, 0.4) is 0 Å². The van der Waals surface area contributed by atoms with Crippen molar-refractivity contribution < 1.29 is 18.8 Å². The van der Waals surface area contributed by atoms with Crippen molar-refractivity contribution in [2.45, 2.75) is 6.54 Å². The molecule has 6 nitrogen and oxygen atoms in total. The van der Waals surface area contributed by atoms with Gasteiger partial charge in [-0.25, -0.2) is 9.18 Å². The highest BCUT2D eigenvalue weighted by Gasteiger charge is 2.35. The fraction of sp³-hybridized carbons (Fsp3) is 0.0870. The molecule has 1 aliphatic rings. The van der Waals surface area contributed by atoms with Crippen LogP contribution in [0.15, 0.2) is 73.0 Å². The molecule has 150 valence electrons. The molecule has 0 saturated carbocycles. The number of carbonyl (C=O) groups is 3. The number of carbonyl (C=O) groups excluding carboxylic acids is 3. The molecule has 1 saturated heterocycles. The van der Waals surface area contributed by atoms with Gasteiger partial charge in [0.25, 0.3) is 11.8 Å². The molecule has 0 atom stereocenters. The maximum absolute atomic E-state index is 14.1. The second kappa shape index (κ2) is 7.79. The van der Waals surface area contributed by atoms with Gasteiger partial charge in [0.2, 0.25) is 0 Å². The van der Waals surface area contributed by atoms with Crippen LogP contribution in [0.1, 0.15) is 11.1 Å². The Kier molecular flexibility index (Phi) is 5.02. The quantitative estimate of drug-likeness (QED) is 0.403. The third-order valence-corrected chi connectivity index (χ3v) is 4.92. The van der Waals surface area contributed by atoms with Crippen molar-refractivity contribution in [3.05, 3.63) is 89.9 Å². The Hall–Kier alpha value is -4.00. The van der Waals surface area contributed by atoms with Gasteiger partial charge in [0.05, 0.1) is 6.54 Å². The molecular weight excluding hydrogens is 385 g/mol. The summed E-state index contributed by atoms with van der Waals surface area (Å²) in [6.07, 6.45) is 4.63. The molecule has 2 aromatic carbocycles. The smallest absolute Gasteiger partial charge is 0.331 e. The van der Waals surface area contributed by atoms with Gasteiger partial charge >= 0.3 is 6.03 Å². The van der Waals surface area contributed by atoms with Crippen molar-refractivity contribution in [3.8, 4) is 0 Å². The average molecular weight is 403 g/mol. The fourth-order valence-electron chi connectivity index (χ4n) is 3.48. The first-order valence-corrected chi connectivity index (χ1v) is 9.30. The standard InChI is InChI=1S/C23H18FN3O3/c1-2-11-27-22(29)18(21(28)25-23(27)30)12-16-14-26(20-10-6-4-8-17(16)20)13-15-7-3-5-9-19(15)24/h2-10,12,14H,1,11,13H2,(H,25,28,30)/b18-12+. The van der Waals surface area contributed by atoms with Crippen LogP contribution in [0.2, 0.25) is 0 Å². The molecule has 0 spiro atoms. The van der Waals surface area contributed by atoms with Gasteiger partial charge in [-0.3, -0.25) is 19.8 Å². The minimum absolute atomic E-state index is 0.00959. The number of urea groups is 1. The maximum Gasteiger partial charge on any atom is 0.331 e. The number of nitrogens with zero attached hydrogens (tertiary/aromatic N) is 2. The Balaban J connectivity index is 1.79. The van der Waals surface area contributed by atoms with Crippen molar-refractivity contribution in [2.24, 2.45) is 0 Å². The molecule has 1 fully saturated rings. The molecule has 3 aromatic rings. The van der Waals surface area contributed by atoms with Gasteiger partial charge in [-0.15, -0.1) is 6.58 Å². The molecule has 1 aliphatic heterocycles. The highest BCUT2D eigenvalue weighted by Crippen LogP contribution is 2.26. The summed E-state index contributed by atoms with van der Waals surface area (Å²) >= 11 is 0. The molecule has 1 aromatic heterocycles. The number of amides is 4. The third-order valence-electron chi connectivity index (χ3n) is 4.92. The fourth-order valence-corrected chi connectivity index (χ4v) is 3.48. The number of halogens is 1. The molecular formula is C23H18FN3O3. The van der Waals surface area contributed by atoms with Crippen LogP contribution in [0.4, 0.5) is 9.18 Å². The molecule has 1 N–H and O–H groups in total. The number of aromatic nitrogens is 1. The highest BCUT2D eigenvalue weighted by atomic mass is 19.1. The van der Waals surface area contributed by atoms with E-state index in [0.717, 1.165) is 15.8 Å². The number of nitrogens with one attached hydrogen (secondary N) is 1. The largest absolute Gasteiger partial charge is 0.342 e. The van der Waals surface area contributed by atoms with E-state index in [-0.39, 0.29) is 24.5 Å². The van der Waals surface area contributed by atoms with E-state index >= 15 is 0 Å². The first-order valence-electron chi connectivity index (χ1n) is 9.30. The molecule has 30 heavy (non-hydrogen) atoms. The second-order valence-corrected chi connectivity index (χ2v) is 6.84. The van der Waals surface area contributed by atoms with E-state index in [0.29, 0.717) is 11.1 Å². The van der Waals surface area contributed by atoms with Gasteiger partial charge in [0.15, 0.2) is 0 Å². The molecule has 2 heterocycles. The second-order valence-electron chi connectivity index (χ2n) is 6.84. The van der Waals surface area contributed by atoms with E-state index in [1.165, 1.54) is 18.2 Å². The van der Waals surface area contributed by atoms with Crippen molar-refractivity contribution in [1.29, 1.82) is 0 Å². The van der Waals surface area contributed by atoms with Crippen LogP contribution < -0.4 is 5.32 Å². The normalized spacial score (nSPS) is 15.7. The van der Waals surface area contributed by atoms with Gasteiger partial charge in [0, 0.05) is 34.8 Å². The summed E-state index contributed by atoms with van der Waals surface area (Å²) in [5.41, 5.74) is 1.82. The van der Waals surface area contributed by atoms with Crippen molar-refractivity contribution >= 4 is 34.8 Å². The van der Waals surface area contributed by atoms with E-state index in [1.54, 1.807) is 24.4 Å². The van der Waals surface area contributed by atoms with E-state index in [4.69, 9.17) is 0 Å². The predicted octanol–water partition coefficient (Wildman–Crippen LogP) is 3.48. The Morgan fingerprint density at radius 3 is 2.53 bits per heavy atom. The summed E-state index contributed by atoms with van der Waals surface area (Å²) in [5.74, 6) is -1.75. The summed E-state index contributed by atoms with van der Waals surface area (Å²) in [7, 11) is 0. The van der Waals surface area contributed by atoms with E-state index in [9.17, 15) is 18.8 Å². The number of rotatable bonds is 5. The van der Waals surface area contributed by atoms with Crippen LogP contribution in [-0.4, -0.2) is 33.9 Å². The number of hydrogen-bond donors (Lipinski definition) is 1. The SMILES string of the molecule is C=CCN1C(=O)NC(=O)/C(=C\c2cn(Cc3ccccc3F)c3ccccc23)C1=O. The molecule has 4 amide bonds. The number of hydrogen-bond acceptors (Lipinski definition) is 3. The summed E-state index contributed by atoms with van der Waals surface area (Å²) in [6, 6.07) is 13.2. The topological polar surface area (TPSA) is 71.4 Å². The summed E-state index contributed by atoms with van der Waals surface area (Å²) in [4.78, 5) is 37.8. The summed E-state index contributed by atoms with van der Waals surface area (Å²) in [5, 5.41) is 2.97. The Labute approximate surface area is 171 Å². The minimum atomic E-state index is -0.774. The van der Waals surface area contributed by atoms with Gasteiger partial charge in [-0.1, -0.05) is 42.5 Å². The molecule has 0 bridgehead atoms. The number of benzene rings is 2. The molecule has 4 rings (SSSR count). The van der Waals surface area contributed by atoms with E-state index in [1.807, 2.05) is 28.8 Å².